The molecule has 2 aromatic heterocycles. The molecule has 0 spiro atoms. The maximum atomic E-state index is 12.5. The molecule has 3 rings (SSSR count). The average molecular weight is 387 g/mol. The average Bonchev–Trinajstić information content (AvgIpc) is 2.59. The lowest BCUT2D eigenvalue weighted by molar-refractivity contribution is 0.0589. The van der Waals surface area contributed by atoms with Gasteiger partial charge < -0.3 is 4.74 Å². The standard InChI is InChI=1S/C19H19ClN4O3/c1-19(2,3)27-18(26)23(4)13-6-5-7-14(10-13)24-15(25)9-8-12-11-21-17(20)22-16(12)24/h5-11H,1-4H3. The van der Waals surface area contributed by atoms with Gasteiger partial charge in [0.05, 0.1) is 5.69 Å². The van der Waals surface area contributed by atoms with Crippen LogP contribution in [-0.4, -0.2) is 33.3 Å². The van der Waals surface area contributed by atoms with Crippen LogP contribution in [0, 0.1) is 0 Å². The fourth-order valence-corrected chi connectivity index (χ4v) is 2.65. The van der Waals surface area contributed by atoms with Gasteiger partial charge >= 0.3 is 6.09 Å². The Morgan fingerprint density at radius 2 is 1.96 bits per heavy atom. The van der Waals surface area contributed by atoms with Crippen LogP contribution in [0.4, 0.5) is 10.5 Å². The van der Waals surface area contributed by atoms with Crippen LogP contribution in [0.3, 0.4) is 0 Å². The van der Waals surface area contributed by atoms with Crippen LogP contribution in [-0.2, 0) is 4.74 Å². The Labute approximate surface area is 161 Å². The summed E-state index contributed by atoms with van der Waals surface area (Å²) < 4.78 is 6.82. The summed E-state index contributed by atoms with van der Waals surface area (Å²) in [6.07, 6.45) is 1.06. The van der Waals surface area contributed by atoms with Gasteiger partial charge in [-0.25, -0.2) is 9.78 Å². The predicted molar refractivity (Wildman–Crippen MR) is 105 cm³/mol. The highest BCUT2D eigenvalue weighted by atomic mass is 35.5. The van der Waals surface area contributed by atoms with Gasteiger partial charge in [0, 0.05) is 30.4 Å². The second-order valence-electron chi connectivity index (χ2n) is 6.98. The monoisotopic (exact) mass is 386 g/mol. The van der Waals surface area contributed by atoms with Crippen molar-refractivity contribution in [2.75, 3.05) is 11.9 Å². The molecule has 7 nitrogen and oxygen atoms in total. The number of halogens is 1. The number of carbonyl (C=O) groups excluding carboxylic acids is 1. The molecule has 0 atom stereocenters. The summed E-state index contributed by atoms with van der Waals surface area (Å²) in [4.78, 5) is 34.3. The molecule has 0 aliphatic rings. The number of hydrogen-bond donors (Lipinski definition) is 0. The number of amides is 1. The molecular weight excluding hydrogens is 368 g/mol. The number of ether oxygens (including phenoxy) is 1. The molecule has 140 valence electrons. The second kappa shape index (κ2) is 7.00. The van der Waals surface area contributed by atoms with E-state index in [0.717, 1.165) is 0 Å². The van der Waals surface area contributed by atoms with Crippen LogP contribution in [0.25, 0.3) is 16.7 Å². The molecule has 1 amide bonds. The van der Waals surface area contributed by atoms with Crippen molar-refractivity contribution in [2.45, 2.75) is 26.4 Å². The van der Waals surface area contributed by atoms with Crippen LogP contribution in [0.1, 0.15) is 20.8 Å². The molecule has 0 radical (unpaired) electrons. The van der Waals surface area contributed by atoms with Crippen LogP contribution >= 0.6 is 11.6 Å². The highest BCUT2D eigenvalue weighted by Crippen LogP contribution is 2.22. The number of hydrogen-bond acceptors (Lipinski definition) is 5. The molecule has 0 unspecified atom stereocenters. The van der Waals surface area contributed by atoms with E-state index in [2.05, 4.69) is 9.97 Å². The number of nitrogens with zero attached hydrogens (tertiary/aromatic N) is 4. The maximum Gasteiger partial charge on any atom is 0.414 e. The molecular formula is C19H19ClN4O3. The third-order valence-corrected chi connectivity index (χ3v) is 3.93. The van der Waals surface area contributed by atoms with Crippen LogP contribution in [0.5, 0.6) is 0 Å². The van der Waals surface area contributed by atoms with Gasteiger partial charge in [-0.3, -0.25) is 14.3 Å². The molecule has 27 heavy (non-hydrogen) atoms. The Balaban J connectivity index is 2.08. The third kappa shape index (κ3) is 4.09. The van der Waals surface area contributed by atoms with Gasteiger partial charge in [-0.05, 0) is 56.6 Å². The van der Waals surface area contributed by atoms with Gasteiger partial charge in [0.25, 0.3) is 5.56 Å². The van der Waals surface area contributed by atoms with E-state index in [4.69, 9.17) is 16.3 Å². The van der Waals surface area contributed by atoms with E-state index in [1.165, 1.54) is 15.5 Å². The van der Waals surface area contributed by atoms with E-state index in [0.29, 0.717) is 22.4 Å². The number of rotatable bonds is 2. The number of fused-ring (bicyclic) bond motifs is 1. The normalized spacial score (nSPS) is 11.4. The summed E-state index contributed by atoms with van der Waals surface area (Å²) in [7, 11) is 1.61. The van der Waals surface area contributed by atoms with Crippen LogP contribution in [0.15, 0.2) is 47.4 Å². The lowest BCUT2D eigenvalue weighted by Crippen LogP contribution is -2.34. The van der Waals surface area contributed by atoms with Gasteiger partial charge in [0.15, 0.2) is 5.65 Å². The molecule has 0 aliphatic heterocycles. The topological polar surface area (TPSA) is 77.3 Å². The smallest absolute Gasteiger partial charge is 0.414 e. The first-order chi connectivity index (χ1) is 12.7. The SMILES string of the molecule is CN(C(=O)OC(C)(C)C)c1cccc(-n2c(=O)ccc3cnc(Cl)nc32)c1. The lowest BCUT2D eigenvalue weighted by Gasteiger charge is -2.25. The minimum absolute atomic E-state index is 0.0453. The highest BCUT2D eigenvalue weighted by Gasteiger charge is 2.21. The minimum atomic E-state index is -0.608. The summed E-state index contributed by atoms with van der Waals surface area (Å²) in [5.74, 6) is 0. The molecule has 0 saturated heterocycles. The van der Waals surface area contributed by atoms with Crippen molar-refractivity contribution < 1.29 is 9.53 Å². The van der Waals surface area contributed by atoms with Gasteiger partial charge in [0.1, 0.15) is 5.60 Å². The van der Waals surface area contributed by atoms with Crippen molar-refractivity contribution in [1.29, 1.82) is 0 Å². The Kier molecular flexibility index (Phi) is 4.89. The molecule has 0 fully saturated rings. The van der Waals surface area contributed by atoms with Crippen LogP contribution < -0.4 is 10.5 Å². The second-order valence-corrected chi connectivity index (χ2v) is 7.32. The zero-order valence-electron chi connectivity index (χ0n) is 15.4. The fourth-order valence-electron chi connectivity index (χ4n) is 2.52. The van der Waals surface area contributed by atoms with Crippen molar-refractivity contribution in [3.8, 4) is 5.69 Å². The van der Waals surface area contributed by atoms with E-state index in [-0.39, 0.29) is 10.8 Å². The highest BCUT2D eigenvalue weighted by molar-refractivity contribution is 6.28. The van der Waals surface area contributed by atoms with Crippen molar-refractivity contribution in [3.63, 3.8) is 0 Å². The number of pyridine rings is 1. The van der Waals surface area contributed by atoms with Gasteiger partial charge in [-0.2, -0.15) is 4.98 Å². The van der Waals surface area contributed by atoms with Crippen molar-refractivity contribution >= 4 is 34.4 Å². The zero-order valence-corrected chi connectivity index (χ0v) is 16.2. The van der Waals surface area contributed by atoms with Crippen molar-refractivity contribution in [1.82, 2.24) is 14.5 Å². The first kappa shape index (κ1) is 18.8. The molecule has 3 aromatic rings. The summed E-state index contributed by atoms with van der Waals surface area (Å²) in [5.41, 5.74) is 0.636. The van der Waals surface area contributed by atoms with E-state index in [1.807, 2.05) is 0 Å². The molecule has 0 N–H and O–H groups in total. The first-order valence-electron chi connectivity index (χ1n) is 8.27. The molecule has 0 bridgehead atoms. The van der Waals surface area contributed by atoms with E-state index in [1.54, 1.807) is 64.3 Å². The molecule has 2 heterocycles. The number of benzene rings is 1. The Morgan fingerprint density at radius 3 is 2.67 bits per heavy atom. The summed E-state index contributed by atoms with van der Waals surface area (Å²) >= 11 is 5.91. The minimum Gasteiger partial charge on any atom is -0.443 e. The van der Waals surface area contributed by atoms with Crippen molar-refractivity contribution in [2.24, 2.45) is 0 Å². The number of anilines is 1. The van der Waals surface area contributed by atoms with Gasteiger partial charge in [-0.1, -0.05) is 6.07 Å². The molecule has 0 aliphatic carbocycles. The van der Waals surface area contributed by atoms with E-state index >= 15 is 0 Å². The number of aromatic nitrogens is 3. The summed E-state index contributed by atoms with van der Waals surface area (Å²) in [6.45, 7) is 5.40. The quantitative estimate of drug-likeness (QED) is 0.626. The predicted octanol–water partition coefficient (Wildman–Crippen LogP) is 3.81. The number of carbonyl (C=O) groups is 1. The fraction of sp³-hybridized carbons (Fsp3) is 0.263. The molecule has 0 saturated carbocycles. The van der Waals surface area contributed by atoms with Crippen molar-refractivity contribution in [3.05, 3.63) is 58.2 Å². The van der Waals surface area contributed by atoms with E-state index in [9.17, 15) is 9.59 Å². The van der Waals surface area contributed by atoms with Crippen LogP contribution in [0.2, 0.25) is 5.28 Å². The maximum absolute atomic E-state index is 12.5. The Hall–Kier alpha value is -2.93. The van der Waals surface area contributed by atoms with E-state index < -0.39 is 11.7 Å². The lowest BCUT2D eigenvalue weighted by atomic mass is 10.2. The third-order valence-electron chi connectivity index (χ3n) is 3.75. The Bertz CT molecular complexity index is 1070. The molecule has 8 heteroatoms. The summed E-state index contributed by atoms with van der Waals surface area (Å²) in [5, 5.41) is 0.716. The van der Waals surface area contributed by atoms with Gasteiger partial charge in [-0.15, -0.1) is 0 Å². The molecule has 1 aromatic carbocycles. The largest absolute Gasteiger partial charge is 0.443 e. The first-order valence-corrected chi connectivity index (χ1v) is 8.65. The summed E-state index contributed by atoms with van der Waals surface area (Å²) in [6, 6.07) is 10.0. The zero-order chi connectivity index (χ0) is 19.8. The van der Waals surface area contributed by atoms with Gasteiger partial charge in [0.2, 0.25) is 5.28 Å². The Morgan fingerprint density at radius 1 is 1.22 bits per heavy atom.